The number of nitrogens with zero attached hydrogens (tertiary/aromatic N) is 1. The van der Waals surface area contributed by atoms with Crippen molar-refractivity contribution < 1.29 is 4.74 Å². The van der Waals surface area contributed by atoms with E-state index in [2.05, 4.69) is 4.98 Å². The number of halogens is 1. The molecule has 3 aromatic rings. The number of nitrogens with two attached hydrogens (primary N) is 1. The maximum atomic E-state index is 6.24. The van der Waals surface area contributed by atoms with Crippen molar-refractivity contribution in [3.63, 3.8) is 0 Å². The molecule has 1 heterocycles. The molecule has 0 aliphatic heterocycles. The van der Waals surface area contributed by atoms with Crippen molar-refractivity contribution in [1.29, 1.82) is 0 Å². The summed E-state index contributed by atoms with van der Waals surface area (Å²) in [6.07, 6.45) is 0. The first kappa shape index (κ1) is 13.9. The van der Waals surface area contributed by atoms with Gasteiger partial charge < -0.3 is 10.5 Å². The van der Waals surface area contributed by atoms with E-state index in [0.717, 1.165) is 22.2 Å². The lowest BCUT2D eigenvalue weighted by atomic mass is 10.1. The highest BCUT2D eigenvalue weighted by Gasteiger charge is 2.11. The number of benzene rings is 2. The van der Waals surface area contributed by atoms with Crippen LogP contribution in [0.3, 0.4) is 0 Å². The van der Waals surface area contributed by atoms with Crippen molar-refractivity contribution >= 4 is 22.5 Å². The van der Waals surface area contributed by atoms with E-state index in [0.29, 0.717) is 23.1 Å². The lowest BCUT2D eigenvalue weighted by Crippen LogP contribution is -2.00. The summed E-state index contributed by atoms with van der Waals surface area (Å²) in [5, 5.41) is 1.57. The summed E-state index contributed by atoms with van der Waals surface area (Å²) >= 11 is 6.24. The number of aromatic nitrogens is 1. The highest BCUT2D eigenvalue weighted by molar-refractivity contribution is 6.32. The Labute approximate surface area is 128 Å². The van der Waals surface area contributed by atoms with E-state index in [9.17, 15) is 0 Å². The van der Waals surface area contributed by atoms with E-state index >= 15 is 0 Å². The van der Waals surface area contributed by atoms with E-state index in [-0.39, 0.29) is 0 Å². The van der Waals surface area contributed by atoms with Gasteiger partial charge in [0, 0.05) is 23.2 Å². The van der Waals surface area contributed by atoms with Crippen molar-refractivity contribution in [3.05, 3.63) is 64.8 Å². The van der Waals surface area contributed by atoms with Crippen LogP contribution in [0.2, 0.25) is 5.02 Å². The summed E-state index contributed by atoms with van der Waals surface area (Å²) in [5.74, 6) is 1.27. The van der Waals surface area contributed by atoms with E-state index in [1.807, 2.05) is 49.4 Å². The molecular weight excluding hydrogens is 284 g/mol. The van der Waals surface area contributed by atoms with Gasteiger partial charge in [0.15, 0.2) is 11.5 Å². The predicted molar refractivity (Wildman–Crippen MR) is 85.9 cm³/mol. The zero-order chi connectivity index (χ0) is 14.8. The van der Waals surface area contributed by atoms with Gasteiger partial charge in [0.25, 0.3) is 0 Å². The first-order valence-electron chi connectivity index (χ1n) is 6.70. The smallest absolute Gasteiger partial charge is 0.153 e. The molecule has 0 unspecified atom stereocenters. The molecule has 0 spiro atoms. The molecule has 1 aromatic heterocycles. The Hall–Kier alpha value is -2.10. The Morgan fingerprint density at radius 3 is 2.71 bits per heavy atom. The number of fused-ring (bicyclic) bond motifs is 1. The maximum absolute atomic E-state index is 6.24. The average molecular weight is 299 g/mol. The number of ether oxygens (including phenoxy) is 1. The second-order valence-electron chi connectivity index (χ2n) is 4.81. The Bertz CT molecular complexity index is 802. The SMILES string of the molecule is Cc1ccc2cccc(Oc3c(Cl)cccc3CN)c2n1. The van der Waals surface area contributed by atoms with Gasteiger partial charge in [0.05, 0.1) is 5.02 Å². The third kappa shape index (κ3) is 2.71. The predicted octanol–water partition coefficient (Wildman–Crippen LogP) is 4.45. The van der Waals surface area contributed by atoms with Gasteiger partial charge in [-0.15, -0.1) is 0 Å². The molecule has 21 heavy (non-hydrogen) atoms. The summed E-state index contributed by atoms with van der Waals surface area (Å²) in [5.41, 5.74) is 8.38. The van der Waals surface area contributed by atoms with E-state index in [1.165, 1.54) is 0 Å². The minimum absolute atomic E-state index is 0.368. The van der Waals surface area contributed by atoms with Crippen molar-refractivity contribution in [1.82, 2.24) is 4.98 Å². The van der Waals surface area contributed by atoms with E-state index in [1.54, 1.807) is 6.07 Å². The number of hydrogen-bond donors (Lipinski definition) is 1. The van der Waals surface area contributed by atoms with Crippen LogP contribution in [0.4, 0.5) is 0 Å². The minimum atomic E-state index is 0.368. The number of aryl methyl sites for hydroxylation is 1. The molecule has 0 aliphatic carbocycles. The van der Waals surface area contributed by atoms with Crippen molar-refractivity contribution in [2.75, 3.05) is 0 Å². The molecule has 0 saturated carbocycles. The fourth-order valence-electron chi connectivity index (χ4n) is 2.24. The molecule has 0 radical (unpaired) electrons. The van der Waals surface area contributed by atoms with Crippen LogP contribution in [-0.2, 0) is 6.54 Å². The molecule has 4 heteroatoms. The molecule has 106 valence electrons. The summed E-state index contributed by atoms with van der Waals surface area (Å²) in [6, 6.07) is 15.4. The summed E-state index contributed by atoms with van der Waals surface area (Å²) in [6.45, 7) is 2.32. The number of hydrogen-bond acceptors (Lipinski definition) is 3. The van der Waals surface area contributed by atoms with Crippen molar-refractivity contribution in [2.45, 2.75) is 13.5 Å². The zero-order valence-corrected chi connectivity index (χ0v) is 12.4. The van der Waals surface area contributed by atoms with Crippen molar-refractivity contribution in [2.24, 2.45) is 5.73 Å². The topological polar surface area (TPSA) is 48.1 Å². The highest BCUT2D eigenvalue weighted by Crippen LogP contribution is 2.35. The Balaban J connectivity index is 2.13. The molecule has 2 N–H and O–H groups in total. The first-order chi connectivity index (χ1) is 10.2. The Morgan fingerprint density at radius 2 is 1.90 bits per heavy atom. The number of para-hydroxylation sites is 2. The van der Waals surface area contributed by atoms with Gasteiger partial charge in [-0.25, -0.2) is 4.98 Å². The molecular formula is C17H15ClN2O. The van der Waals surface area contributed by atoms with Crippen LogP contribution in [0.1, 0.15) is 11.3 Å². The fraction of sp³-hybridized carbons (Fsp3) is 0.118. The van der Waals surface area contributed by atoms with Gasteiger partial charge in [-0.1, -0.05) is 41.9 Å². The summed E-state index contributed by atoms with van der Waals surface area (Å²) in [7, 11) is 0. The molecule has 0 amide bonds. The Kier molecular flexibility index (Phi) is 3.78. The van der Waals surface area contributed by atoms with Gasteiger partial charge in [0.2, 0.25) is 0 Å². The molecule has 0 bridgehead atoms. The third-order valence-corrected chi connectivity index (χ3v) is 3.60. The summed E-state index contributed by atoms with van der Waals surface area (Å²) < 4.78 is 6.02. The maximum Gasteiger partial charge on any atom is 0.153 e. The van der Waals surface area contributed by atoms with Crippen LogP contribution in [0.5, 0.6) is 11.5 Å². The molecule has 0 saturated heterocycles. The van der Waals surface area contributed by atoms with Gasteiger partial charge in [-0.2, -0.15) is 0 Å². The standard InChI is InChI=1S/C17H15ClN2O/c1-11-8-9-12-4-3-7-15(16(12)20-11)21-17-13(10-19)5-2-6-14(17)18/h2-9H,10,19H2,1H3. The third-order valence-electron chi connectivity index (χ3n) is 3.30. The van der Waals surface area contributed by atoms with Crippen LogP contribution in [0.15, 0.2) is 48.5 Å². The molecule has 3 nitrogen and oxygen atoms in total. The second-order valence-corrected chi connectivity index (χ2v) is 5.22. The van der Waals surface area contributed by atoms with Crippen LogP contribution in [-0.4, -0.2) is 4.98 Å². The monoisotopic (exact) mass is 298 g/mol. The number of pyridine rings is 1. The average Bonchev–Trinajstić information content (AvgIpc) is 2.49. The van der Waals surface area contributed by atoms with E-state index in [4.69, 9.17) is 22.1 Å². The molecule has 2 aromatic carbocycles. The second kappa shape index (κ2) is 5.72. The molecule has 0 aliphatic rings. The molecule has 0 fully saturated rings. The lowest BCUT2D eigenvalue weighted by molar-refractivity contribution is 0.481. The van der Waals surface area contributed by atoms with Crippen LogP contribution >= 0.6 is 11.6 Å². The van der Waals surface area contributed by atoms with Gasteiger partial charge >= 0.3 is 0 Å². The van der Waals surface area contributed by atoms with Crippen molar-refractivity contribution in [3.8, 4) is 11.5 Å². The quantitative estimate of drug-likeness (QED) is 0.777. The Morgan fingerprint density at radius 1 is 1.10 bits per heavy atom. The van der Waals surface area contributed by atoms with Gasteiger partial charge in [0.1, 0.15) is 5.52 Å². The largest absolute Gasteiger partial charge is 0.453 e. The minimum Gasteiger partial charge on any atom is -0.453 e. The van der Waals surface area contributed by atoms with Crippen LogP contribution in [0.25, 0.3) is 10.9 Å². The van der Waals surface area contributed by atoms with Crippen LogP contribution < -0.4 is 10.5 Å². The number of rotatable bonds is 3. The normalized spacial score (nSPS) is 10.8. The summed E-state index contributed by atoms with van der Waals surface area (Å²) in [4.78, 5) is 4.56. The van der Waals surface area contributed by atoms with E-state index < -0.39 is 0 Å². The van der Waals surface area contributed by atoms with Gasteiger partial charge in [-0.3, -0.25) is 0 Å². The van der Waals surface area contributed by atoms with Gasteiger partial charge in [-0.05, 0) is 25.1 Å². The zero-order valence-electron chi connectivity index (χ0n) is 11.6. The fourth-order valence-corrected chi connectivity index (χ4v) is 2.47. The highest BCUT2D eigenvalue weighted by atomic mass is 35.5. The molecule has 0 atom stereocenters. The first-order valence-corrected chi connectivity index (χ1v) is 7.08. The van der Waals surface area contributed by atoms with Crippen LogP contribution in [0, 0.1) is 6.92 Å². The molecule has 3 rings (SSSR count). The lowest BCUT2D eigenvalue weighted by Gasteiger charge is -2.13.